The molecule has 3 aromatic rings. The van der Waals surface area contributed by atoms with Crippen LogP contribution in [0.2, 0.25) is 0 Å². The van der Waals surface area contributed by atoms with Gasteiger partial charge in [-0.05, 0) is 36.4 Å². The predicted molar refractivity (Wildman–Crippen MR) is 101 cm³/mol. The van der Waals surface area contributed by atoms with Crippen molar-refractivity contribution in [1.29, 1.82) is 0 Å². The van der Waals surface area contributed by atoms with Gasteiger partial charge in [-0.15, -0.1) is 0 Å². The summed E-state index contributed by atoms with van der Waals surface area (Å²) in [4.78, 5) is 30.9. The molecule has 0 saturated heterocycles. The molecule has 0 atom stereocenters. The van der Waals surface area contributed by atoms with Gasteiger partial charge in [-0.1, -0.05) is 28.1 Å². The second-order valence-electron chi connectivity index (χ2n) is 5.55. The number of rotatable bonds is 7. The van der Waals surface area contributed by atoms with Crippen LogP contribution in [0.25, 0.3) is 10.9 Å². The minimum absolute atomic E-state index is 0.138. The molecule has 0 fully saturated rings. The fraction of sp³-hybridized carbons (Fsp3) is 0.211. The first kappa shape index (κ1) is 18.1. The van der Waals surface area contributed by atoms with Crippen LogP contribution in [0.5, 0.6) is 5.75 Å². The molecule has 0 radical (unpaired) electrons. The number of halogens is 1. The van der Waals surface area contributed by atoms with Gasteiger partial charge >= 0.3 is 5.97 Å². The lowest BCUT2D eigenvalue weighted by molar-refractivity contribution is -0.144. The number of para-hydroxylation sites is 1. The Morgan fingerprint density at radius 3 is 2.65 bits per heavy atom. The van der Waals surface area contributed by atoms with E-state index in [0.717, 1.165) is 4.47 Å². The molecule has 0 saturated carbocycles. The quantitative estimate of drug-likeness (QED) is 0.472. The number of benzene rings is 2. The van der Waals surface area contributed by atoms with Crippen LogP contribution >= 0.6 is 15.9 Å². The predicted octanol–water partition coefficient (Wildman–Crippen LogP) is 3.24. The number of carbonyl (C=O) groups is 1. The first-order chi connectivity index (χ1) is 12.6. The molecule has 134 valence electrons. The van der Waals surface area contributed by atoms with Crippen LogP contribution in [-0.2, 0) is 16.0 Å². The maximum Gasteiger partial charge on any atom is 0.306 e. The average Bonchev–Trinajstić information content (AvgIpc) is 2.65. The van der Waals surface area contributed by atoms with Crippen LogP contribution in [0.1, 0.15) is 12.2 Å². The SMILES string of the molecule is O=C(CCc1nc2ccccc2c(=O)[nH]1)OCCOc1ccc(Br)cc1. The molecule has 0 aliphatic heterocycles. The van der Waals surface area contributed by atoms with Crippen molar-refractivity contribution in [3.05, 3.63) is 69.2 Å². The summed E-state index contributed by atoms with van der Waals surface area (Å²) in [5, 5.41) is 0.531. The summed E-state index contributed by atoms with van der Waals surface area (Å²) < 4.78 is 11.6. The molecule has 0 aliphatic rings. The van der Waals surface area contributed by atoms with E-state index < -0.39 is 0 Å². The summed E-state index contributed by atoms with van der Waals surface area (Å²) in [6.07, 6.45) is 0.450. The third-order valence-corrected chi connectivity index (χ3v) is 4.19. The van der Waals surface area contributed by atoms with Gasteiger partial charge in [0.25, 0.3) is 5.56 Å². The highest BCUT2D eigenvalue weighted by molar-refractivity contribution is 9.10. The number of aryl methyl sites for hydroxylation is 1. The standard InChI is InChI=1S/C19H17BrN2O4/c20-13-5-7-14(8-6-13)25-11-12-26-18(23)10-9-17-21-16-4-2-1-3-15(16)19(24)22-17/h1-8H,9-12H2,(H,21,22,24). The smallest absolute Gasteiger partial charge is 0.306 e. The Labute approximate surface area is 158 Å². The highest BCUT2D eigenvalue weighted by Crippen LogP contribution is 2.15. The zero-order valence-electron chi connectivity index (χ0n) is 13.9. The van der Waals surface area contributed by atoms with Gasteiger partial charge in [-0.3, -0.25) is 9.59 Å². The Balaban J connectivity index is 1.44. The van der Waals surface area contributed by atoms with Gasteiger partial charge in [0.1, 0.15) is 24.8 Å². The zero-order valence-corrected chi connectivity index (χ0v) is 15.5. The Bertz CT molecular complexity index is 954. The second-order valence-corrected chi connectivity index (χ2v) is 6.47. The number of carbonyl (C=O) groups excluding carboxylic acids is 1. The third-order valence-electron chi connectivity index (χ3n) is 3.66. The maximum atomic E-state index is 12.0. The molecule has 0 bridgehead atoms. The molecular formula is C19H17BrN2O4. The van der Waals surface area contributed by atoms with E-state index >= 15 is 0 Å². The van der Waals surface area contributed by atoms with Gasteiger partial charge in [0.2, 0.25) is 0 Å². The monoisotopic (exact) mass is 416 g/mol. The van der Waals surface area contributed by atoms with Gasteiger partial charge in [0, 0.05) is 10.9 Å². The third kappa shape index (κ3) is 4.92. The maximum absolute atomic E-state index is 12.0. The van der Waals surface area contributed by atoms with Crippen LogP contribution in [0, 0.1) is 0 Å². The van der Waals surface area contributed by atoms with Crippen LogP contribution in [0.4, 0.5) is 0 Å². The van der Waals surface area contributed by atoms with E-state index in [1.54, 1.807) is 18.2 Å². The van der Waals surface area contributed by atoms with Gasteiger partial charge in [0.15, 0.2) is 0 Å². The zero-order chi connectivity index (χ0) is 18.4. The van der Waals surface area contributed by atoms with E-state index in [-0.39, 0.29) is 31.2 Å². The lowest BCUT2D eigenvalue weighted by Gasteiger charge is -2.07. The highest BCUT2D eigenvalue weighted by Gasteiger charge is 2.08. The number of esters is 1. The molecule has 0 spiro atoms. The highest BCUT2D eigenvalue weighted by atomic mass is 79.9. The molecule has 1 N–H and O–H groups in total. The Kier molecular flexibility index (Phi) is 6.01. The molecule has 2 aromatic carbocycles. The van der Waals surface area contributed by atoms with Crippen molar-refractivity contribution in [2.75, 3.05) is 13.2 Å². The average molecular weight is 417 g/mol. The fourth-order valence-electron chi connectivity index (χ4n) is 2.39. The van der Waals surface area contributed by atoms with E-state index in [0.29, 0.717) is 28.9 Å². The van der Waals surface area contributed by atoms with Gasteiger partial charge in [-0.2, -0.15) is 0 Å². The van der Waals surface area contributed by atoms with Gasteiger partial charge in [-0.25, -0.2) is 4.98 Å². The summed E-state index contributed by atoms with van der Waals surface area (Å²) in [6, 6.07) is 14.5. The topological polar surface area (TPSA) is 81.3 Å². The molecule has 0 aliphatic carbocycles. The minimum atomic E-state index is -0.361. The lowest BCUT2D eigenvalue weighted by atomic mass is 10.2. The van der Waals surface area contributed by atoms with E-state index in [4.69, 9.17) is 9.47 Å². The van der Waals surface area contributed by atoms with Crippen molar-refractivity contribution in [3.63, 3.8) is 0 Å². The van der Waals surface area contributed by atoms with E-state index in [9.17, 15) is 9.59 Å². The summed E-state index contributed by atoms with van der Waals surface area (Å²) in [5.41, 5.74) is 0.407. The van der Waals surface area contributed by atoms with E-state index in [1.807, 2.05) is 30.3 Å². The van der Waals surface area contributed by atoms with Crippen LogP contribution in [0.15, 0.2) is 57.8 Å². The number of nitrogens with zero attached hydrogens (tertiary/aromatic N) is 1. The van der Waals surface area contributed by atoms with E-state index in [1.165, 1.54) is 0 Å². The number of fused-ring (bicyclic) bond motifs is 1. The molecule has 1 heterocycles. The number of ether oxygens (including phenoxy) is 2. The summed E-state index contributed by atoms with van der Waals surface area (Å²) in [6.45, 7) is 0.439. The van der Waals surface area contributed by atoms with Crippen LogP contribution in [-0.4, -0.2) is 29.2 Å². The lowest BCUT2D eigenvalue weighted by Crippen LogP contribution is -2.15. The summed E-state index contributed by atoms with van der Waals surface area (Å²) >= 11 is 3.35. The van der Waals surface area contributed by atoms with Crippen molar-refractivity contribution >= 4 is 32.8 Å². The van der Waals surface area contributed by atoms with Crippen LogP contribution < -0.4 is 10.3 Å². The molecule has 3 rings (SSSR count). The largest absolute Gasteiger partial charge is 0.490 e. The van der Waals surface area contributed by atoms with Crippen molar-refractivity contribution in [2.24, 2.45) is 0 Å². The molecule has 6 nitrogen and oxygen atoms in total. The van der Waals surface area contributed by atoms with Gasteiger partial charge in [0.05, 0.1) is 17.3 Å². The number of hydrogen-bond donors (Lipinski definition) is 1. The molecule has 26 heavy (non-hydrogen) atoms. The first-order valence-corrected chi connectivity index (χ1v) is 8.93. The Hall–Kier alpha value is -2.67. The fourth-order valence-corrected chi connectivity index (χ4v) is 2.66. The second kappa shape index (κ2) is 8.62. The van der Waals surface area contributed by atoms with Gasteiger partial charge < -0.3 is 14.5 Å². The Morgan fingerprint density at radius 1 is 1.08 bits per heavy atom. The normalized spacial score (nSPS) is 10.7. The van der Waals surface area contributed by atoms with Crippen molar-refractivity contribution in [1.82, 2.24) is 9.97 Å². The summed E-state index contributed by atoms with van der Waals surface area (Å²) in [7, 11) is 0. The van der Waals surface area contributed by atoms with Crippen molar-refractivity contribution in [3.8, 4) is 5.75 Å². The molecule has 0 amide bonds. The Morgan fingerprint density at radius 2 is 1.85 bits per heavy atom. The molecule has 7 heteroatoms. The number of nitrogens with one attached hydrogen (secondary N) is 1. The number of aromatic nitrogens is 2. The molecule has 1 aromatic heterocycles. The van der Waals surface area contributed by atoms with Crippen LogP contribution in [0.3, 0.4) is 0 Å². The van der Waals surface area contributed by atoms with E-state index in [2.05, 4.69) is 25.9 Å². The number of H-pyrrole nitrogens is 1. The number of hydrogen-bond acceptors (Lipinski definition) is 5. The number of aromatic amines is 1. The minimum Gasteiger partial charge on any atom is -0.490 e. The molecule has 0 unspecified atom stereocenters. The summed E-state index contributed by atoms with van der Waals surface area (Å²) in [5.74, 6) is 0.819. The first-order valence-electron chi connectivity index (χ1n) is 8.14. The van der Waals surface area contributed by atoms with Crippen molar-refractivity contribution < 1.29 is 14.3 Å². The molecular weight excluding hydrogens is 400 g/mol. The van der Waals surface area contributed by atoms with Crippen molar-refractivity contribution in [2.45, 2.75) is 12.8 Å².